The van der Waals surface area contributed by atoms with Gasteiger partial charge in [0.15, 0.2) is 11.5 Å². The number of likely N-dealkylation sites (N-methyl/N-ethyl adjacent to an activating group) is 1. The van der Waals surface area contributed by atoms with Gasteiger partial charge in [-0.1, -0.05) is 19.9 Å². The average molecular weight is 422 g/mol. The maximum atomic E-state index is 5.95. The summed E-state index contributed by atoms with van der Waals surface area (Å²) in [5.74, 6) is 1.44. The Hall–Kier alpha value is -1.63. The predicted molar refractivity (Wildman–Crippen MR) is 109 cm³/mol. The Kier molecular flexibility index (Phi) is 8.88. The van der Waals surface area contributed by atoms with Crippen LogP contribution in [0.5, 0.6) is 11.5 Å². The van der Waals surface area contributed by atoms with E-state index in [0.29, 0.717) is 12.4 Å². The number of halogens is 1. The predicted octanol–water partition coefficient (Wildman–Crippen LogP) is 3.86. The van der Waals surface area contributed by atoms with Crippen LogP contribution in [0.1, 0.15) is 25.0 Å². The van der Waals surface area contributed by atoms with Crippen LogP contribution >= 0.6 is 15.9 Å². The molecular weight excluding hydrogens is 394 g/mol. The first-order chi connectivity index (χ1) is 12.7. The number of aromatic nitrogens is 1. The largest absolute Gasteiger partial charge is 0.493 e. The summed E-state index contributed by atoms with van der Waals surface area (Å²) in [6.45, 7) is 9.80. The number of hydrogen-bond acceptors (Lipinski definition) is 5. The number of rotatable bonds is 11. The van der Waals surface area contributed by atoms with Gasteiger partial charge in [0.1, 0.15) is 6.61 Å². The van der Waals surface area contributed by atoms with Crippen molar-refractivity contribution in [2.75, 3.05) is 33.3 Å². The molecule has 0 amide bonds. The minimum Gasteiger partial charge on any atom is -0.493 e. The van der Waals surface area contributed by atoms with Gasteiger partial charge in [0.25, 0.3) is 0 Å². The Morgan fingerprint density at radius 3 is 2.65 bits per heavy atom. The molecule has 142 valence electrons. The van der Waals surface area contributed by atoms with E-state index in [1.807, 2.05) is 18.2 Å². The van der Waals surface area contributed by atoms with Gasteiger partial charge < -0.3 is 19.7 Å². The number of ether oxygens (including phenoxy) is 2. The molecule has 0 aliphatic carbocycles. The lowest BCUT2D eigenvalue weighted by Gasteiger charge is -2.18. The van der Waals surface area contributed by atoms with Gasteiger partial charge in [-0.3, -0.25) is 4.98 Å². The summed E-state index contributed by atoms with van der Waals surface area (Å²) in [6, 6.07) is 7.98. The zero-order chi connectivity index (χ0) is 18.8. The van der Waals surface area contributed by atoms with Crippen LogP contribution < -0.4 is 14.8 Å². The van der Waals surface area contributed by atoms with Crippen LogP contribution in [0, 0.1) is 0 Å². The second-order valence-corrected chi connectivity index (χ2v) is 6.82. The van der Waals surface area contributed by atoms with E-state index in [1.165, 1.54) is 0 Å². The highest BCUT2D eigenvalue weighted by Gasteiger charge is 2.12. The smallest absolute Gasteiger partial charge is 0.175 e. The fraction of sp³-hybridized carbons (Fsp3) is 0.450. The van der Waals surface area contributed by atoms with Crippen LogP contribution in [0.25, 0.3) is 0 Å². The van der Waals surface area contributed by atoms with Crippen LogP contribution in [-0.2, 0) is 13.2 Å². The van der Waals surface area contributed by atoms with Gasteiger partial charge >= 0.3 is 0 Å². The van der Waals surface area contributed by atoms with E-state index in [-0.39, 0.29) is 0 Å². The van der Waals surface area contributed by atoms with E-state index < -0.39 is 0 Å². The molecule has 1 aromatic carbocycles. The second kappa shape index (κ2) is 11.2. The van der Waals surface area contributed by atoms with Crippen molar-refractivity contribution in [1.29, 1.82) is 0 Å². The van der Waals surface area contributed by atoms with Crippen LogP contribution in [0.15, 0.2) is 41.1 Å². The van der Waals surface area contributed by atoms with Crippen molar-refractivity contribution in [3.05, 3.63) is 52.3 Å². The quantitative estimate of drug-likeness (QED) is 0.558. The van der Waals surface area contributed by atoms with Gasteiger partial charge in [0.05, 0.1) is 11.6 Å². The topological polar surface area (TPSA) is 46.6 Å². The van der Waals surface area contributed by atoms with E-state index in [1.54, 1.807) is 19.5 Å². The molecule has 0 spiro atoms. The third-order valence-electron chi connectivity index (χ3n) is 4.22. The summed E-state index contributed by atoms with van der Waals surface area (Å²) < 4.78 is 12.4. The van der Waals surface area contributed by atoms with Crippen molar-refractivity contribution in [3.63, 3.8) is 0 Å². The Balaban J connectivity index is 1.95. The van der Waals surface area contributed by atoms with Crippen LogP contribution in [0.4, 0.5) is 0 Å². The molecule has 2 aromatic rings. The summed E-state index contributed by atoms with van der Waals surface area (Å²) in [7, 11) is 1.66. The van der Waals surface area contributed by atoms with Crippen molar-refractivity contribution in [2.24, 2.45) is 0 Å². The fourth-order valence-electron chi connectivity index (χ4n) is 2.66. The standard InChI is InChI=1S/C20H28BrN3O2/c1-4-24(5-2)10-9-23-14-17-11-18(21)20(19(12-17)25-3)26-15-16-7-6-8-22-13-16/h6-8,11-13,23H,4-5,9-10,14-15H2,1-3H3. The molecule has 2 rings (SSSR count). The average Bonchev–Trinajstić information content (AvgIpc) is 2.67. The minimum atomic E-state index is 0.449. The monoisotopic (exact) mass is 421 g/mol. The van der Waals surface area contributed by atoms with Crippen LogP contribution in [-0.4, -0.2) is 43.2 Å². The Labute approximate surface area is 164 Å². The summed E-state index contributed by atoms with van der Waals surface area (Å²) in [5, 5.41) is 3.49. The molecule has 0 unspecified atom stereocenters. The number of benzene rings is 1. The molecule has 5 nitrogen and oxygen atoms in total. The summed E-state index contributed by atoms with van der Waals surface area (Å²) >= 11 is 3.61. The Morgan fingerprint density at radius 2 is 2.00 bits per heavy atom. The van der Waals surface area contributed by atoms with Gasteiger partial charge in [0, 0.05) is 37.6 Å². The molecule has 0 aliphatic rings. The number of nitrogens with zero attached hydrogens (tertiary/aromatic N) is 2. The van der Waals surface area contributed by atoms with E-state index in [0.717, 1.165) is 54.1 Å². The van der Waals surface area contributed by atoms with E-state index in [2.05, 4.69) is 51.0 Å². The first kappa shape index (κ1) is 20.7. The highest BCUT2D eigenvalue weighted by molar-refractivity contribution is 9.10. The van der Waals surface area contributed by atoms with Crippen molar-refractivity contribution < 1.29 is 9.47 Å². The molecule has 0 saturated carbocycles. The van der Waals surface area contributed by atoms with E-state index in [4.69, 9.17) is 9.47 Å². The highest BCUT2D eigenvalue weighted by atomic mass is 79.9. The summed E-state index contributed by atoms with van der Waals surface area (Å²) in [5.41, 5.74) is 2.17. The van der Waals surface area contributed by atoms with Crippen molar-refractivity contribution >= 4 is 15.9 Å². The molecule has 1 aromatic heterocycles. The summed E-state index contributed by atoms with van der Waals surface area (Å²) in [6.07, 6.45) is 3.55. The molecule has 0 bridgehead atoms. The van der Waals surface area contributed by atoms with Gasteiger partial charge in [-0.15, -0.1) is 0 Å². The molecular formula is C20H28BrN3O2. The second-order valence-electron chi connectivity index (χ2n) is 5.96. The first-order valence-electron chi connectivity index (χ1n) is 8.99. The lowest BCUT2D eigenvalue weighted by Crippen LogP contribution is -2.31. The fourth-order valence-corrected chi connectivity index (χ4v) is 3.27. The molecule has 1 N–H and O–H groups in total. The Bertz CT molecular complexity index is 664. The number of methoxy groups -OCH3 is 1. The maximum Gasteiger partial charge on any atom is 0.175 e. The van der Waals surface area contributed by atoms with E-state index in [9.17, 15) is 0 Å². The Morgan fingerprint density at radius 1 is 1.19 bits per heavy atom. The van der Waals surface area contributed by atoms with Gasteiger partial charge in [-0.25, -0.2) is 0 Å². The lowest BCUT2D eigenvalue weighted by atomic mass is 10.2. The van der Waals surface area contributed by atoms with Crippen molar-refractivity contribution in [3.8, 4) is 11.5 Å². The molecule has 0 atom stereocenters. The molecule has 26 heavy (non-hydrogen) atoms. The molecule has 0 aliphatic heterocycles. The van der Waals surface area contributed by atoms with Gasteiger partial charge in [-0.2, -0.15) is 0 Å². The maximum absolute atomic E-state index is 5.95. The molecule has 6 heteroatoms. The third kappa shape index (κ3) is 6.27. The van der Waals surface area contributed by atoms with Gasteiger partial charge in [-0.05, 0) is 52.8 Å². The normalized spacial score (nSPS) is 11.0. The molecule has 0 saturated heterocycles. The first-order valence-corrected chi connectivity index (χ1v) is 9.78. The SMILES string of the molecule is CCN(CC)CCNCc1cc(Br)c(OCc2cccnc2)c(OC)c1. The molecule has 0 fully saturated rings. The number of nitrogens with one attached hydrogen (secondary N) is 1. The van der Waals surface area contributed by atoms with E-state index >= 15 is 0 Å². The van der Waals surface area contributed by atoms with Crippen LogP contribution in [0.2, 0.25) is 0 Å². The van der Waals surface area contributed by atoms with Crippen molar-refractivity contribution in [2.45, 2.75) is 27.0 Å². The lowest BCUT2D eigenvalue weighted by molar-refractivity contribution is 0.282. The zero-order valence-corrected chi connectivity index (χ0v) is 17.4. The third-order valence-corrected chi connectivity index (χ3v) is 4.81. The number of pyridine rings is 1. The van der Waals surface area contributed by atoms with Gasteiger partial charge in [0.2, 0.25) is 0 Å². The highest BCUT2D eigenvalue weighted by Crippen LogP contribution is 2.37. The number of hydrogen-bond donors (Lipinski definition) is 1. The zero-order valence-electron chi connectivity index (χ0n) is 15.8. The summed E-state index contributed by atoms with van der Waals surface area (Å²) in [4.78, 5) is 6.51. The molecule has 1 heterocycles. The van der Waals surface area contributed by atoms with Crippen LogP contribution in [0.3, 0.4) is 0 Å². The van der Waals surface area contributed by atoms with Crippen molar-refractivity contribution in [1.82, 2.24) is 15.2 Å². The molecule has 0 radical (unpaired) electrons. The minimum absolute atomic E-state index is 0.449.